The quantitative estimate of drug-likeness (QED) is 0.594. The predicted octanol–water partition coefficient (Wildman–Crippen LogP) is 1.97. The number of nitrogens with two attached hydrogens (primary N) is 1. The summed E-state index contributed by atoms with van der Waals surface area (Å²) in [7, 11) is 0. The molecule has 0 fully saturated rings. The van der Waals surface area contributed by atoms with Gasteiger partial charge in [0.05, 0.1) is 0 Å². The Morgan fingerprint density at radius 3 is 3.06 bits per heavy atom. The molecule has 0 bridgehead atoms. The summed E-state index contributed by atoms with van der Waals surface area (Å²) in [6.07, 6.45) is 6.83. The van der Waals surface area contributed by atoms with Gasteiger partial charge in [0.25, 0.3) is 0 Å². The molecule has 0 saturated heterocycles. The maximum absolute atomic E-state index is 5.65. The summed E-state index contributed by atoms with van der Waals surface area (Å²) >= 11 is 1.72. The summed E-state index contributed by atoms with van der Waals surface area (Å²) in [4.78, 5) is 4.42. The molecule has 2 aromatic rings. The van der Waals surface area contributed by atoms with E-state index in [0.717, 1.165) is 31.6 Å². The van der Waals surface area contributed by atoms with E-state index in [1.807, 2.05) is 12.4 Å². The molecule has 4 nitrogen and oxygen atoms in total. The van der Waals surface area contributed by atoms with Gasteiger partial charge in [-0.25, -0.2) is 4.98 Å². The molecule has 1 atom stereocenters. The highest BCUT2D eigenvalue weighted by molar-refractivity contribution is 7.07. The van der Waals surface area contributed by atoms with Gasteiger partial charge in [0, 0.05) is 31.4 Å². The Morgan fingerprint density at radius 1 is 1.50 bits per heavy atom. The third-order valence-electron chi connectivity index (χ3n) is 2.99. The maximum Gasteiger partial charge on any atom is 0.110 e. The zero-order valence-corrected chi connectivity index (χ0v) is 11.5. The molecule has 5 heteroatoms. The van der Waals surface area contributed by atoms with Gasteiger partial charge in [0.2, 0.25) is 0 Å². The number of aromatic nitrogens is 2. The molecule has 2 heterocycles. The molecular weight excluding hydrogens is 244 g/mol. The number of nitrogens with one attached hydrogen (secondary N) is 1. The Labute approximate surface area is 112 Å². The molecule has 2 rings (SSSR count). The summed E-state index contributed by atoms with van der Waals surface area (Å²) in [5.41, 5.74) is 4.23. The SMILES string of the molecule is CCCn1ccnc1CC(Cc1ccsc1)NN. The van der Waals surface area contributed by atoms with Gasteiger partial charge in [0.15, 0.2) is 0 Å². The molecule has 0 aliphatic carbocycles. The van der Waals surface area contributed by atoms with Gasteiger partial charge < -0.3 is 4.57 Å². The van der Waals surface area contributed by atoms with Crippen molar-refractivity contribution in [3.8, 4) is 0 Å². The van der Waals surface area contributed by atoms with E-state index in [1.165, 1.54) is 5.56 Å². The zero-order chi connectivity index (χ0) is 12.8. The number of rotatable bonds is 7. The Hall–Kier alpha value is -1.17. The van der Waals surface area contributed by atoms with Gasteiger partial charge in [0.1, 0.15) is 5.82 Å². The third-order valence-corrected chi connectivity index (χ3v) is 3.73. The van der Waals surface area contributed by atoms with E-state index in [0.29, 0.717) is 0 Å². The van der Waals surface area contributed by atoms with Crippen LogP contribution in [0.15, 0.2) is 29.2 Å². The topological polar surface area (TPSA) is 55.9 Å². The lowest BCUT2D eigenvalue weighted by Gasteiger charge is -2.15. The molecule has 0 radical (unpaired) electrons. The fourth-order valence-electron chi connectivity index (χ4n) is 2.08. The zero-order valence-electron chi connectivity index (χ0n) is 10.7. The second-order valence-electron chi connectivity index (χ2n) is 4.44. The number of imidazole rings is 1. The number of hydrogen-bond donors (Lipinski definition) is 2. The van der Waals surface area contributed by atoms with Crippen molar-refractivity contribution in [2.75, 3.05) is 0 Å². The van der Waals surface area contributed by atoms with Crippen LogP contribution in [0.25, 0.3) is 0 Å². The first-order valence-electron chi connectivity index (χ1n) is 6.30. The normalized spacial score (nSPS) is 12.8. The van der Waals surface area contributed by atoms with E-state index >= 15 is 0 Å². The number of hydrogen-bond acceptors (Lipinski definition) is 4. The average Bonchev–Trinajstić information content (AvgIpc) is 3.01. The van der Waals surface area contributed by atoms with Gasteiger partial charge >= 0.3 is 0 Å². The van der Waals surface area contributed by atoms with E-state index < -0.39 is 0 Å². The second kappa shape index (κ2) is 6.68. The van der Waals surface area contributed by atoms with Crippen LogP contribution in [0, 0.1) is 0 Å². The number of thiophene rings is 1. The number of nitrogens with zero attached hydrogens (tertiary/aromatic N) is 2. The smallest absolute Gasteiger partial charge is 0.110 e. The minimum atomic E-state index is 0.234. The molecule has 98 valence electrons. The molecule has 0 spiro atoms. The predicted molar refractivity (Wildman–Crippen MR) is 75.4 cm³/mol. The average molecular weight is 264 g/mol. The van der Waals surface area contributed by atoms with Crippen LogP contribution in [0.3, 0.4) is 0 Å². The van der Waals surface area contributed by atoms with Gasteiger partial charge in [-0.05, 0) is 35.2 Å². The molecule has 1 unspecified atom stereocenters. The third kappa shape index (κ3) is 3.41. The summed E-state index contributed by atoms with van der Waals surface area (Å²) in [5, 5.41) is 4.27. The van der Waals surface area contributed by atoms with E-state index in [2.05, 4.69) is 38.7 Å². The van der Waals surface area contributed by atoms with Crippen LogP contribution in [0.2, 0.25) is 0 Å². The van der Waals surface area contributed by atoms with Crippen LogP contribution in [-0.4, -0.2) is 15.6 Å². The maximum atomic E-state index is 5.65. The standard InChI is InChI=1S/C13H20N4S/c1-2-5-17-6-4-15-13(17)9-12(16-14)8-11-3-7-18-10-11/h3-4,6-7,10,12,16H,2,5,8-9,14H2,1H3. The highest BCUT2D eigenvalue weighted by atomic mass is 32.1. The Balaban J connectivity index is 1.99. The Kier molecular flexibility index (Phi) is 4.92. The van der Waals surface area contributed by atoms with E-state index in [9.17, 15) is 0 Å². The molecule has 0 amide bonds. The van der Waals surface area contributed by atoms with Crippen molar-refractivity contribution < 1.29 is 0 Å². The minimum Gasteiger partial charge on any atom is -0.335 e. The monoisotopic (exact) mass is 264 g/mol. The fourth-order valence-corrected chi connectivity index (χ4v) is 2.76. The van der Waals surface area contributed by atoms with Gasteiger partial charge in [-0.2, -0.15) is 11.3 Å². The second-order valence-corrected chi connectivity index (χ2v) is 5.22. The van der Waals surface area contributed by atoms with Crippen LogP contribution in [-0.2, 0) is 19.4 Å². The van der Waals surface area contributed by atoms with Crippen molar-refractivity contribution in [3.05, 3.63) is 40.6 Å². The molecular formula is C13H20N4S. The van der Waals surface area contributed by atoms with Crippen molar-refractivity contribution >= 4 is 11.3 Å². The van der Waals surface area contributed by atoms with Crippen LogP contribution >= 0.6 is 11.3 Å². The largest absolute Gasteiger partial charge is 0.335 e. The van der Waals surface area contributed by atoms with Crippen LogP contribution in [0.4, 0.5) is 0 Å². The van der Waals surface area contributed by atoms with Gasteiger partial charge in [-0.15, -0.1) is 0 Å². The molecule has 0 aromatic carbocycles. The highest BCUT2D eigenvalue weighted by Crippen LogP contribution is 2.11. The van der Waals surface area contributed by atoms with Gasteiger partial charge in [-0.1, -0.05) is 6.92 Å². The lowest BCUT2D eigenvalue weighted by atomic mass is 10.1. The summed E-state index contributed by atoms with van der Waals surface area (Å²) in [6.45, 7) is 3.19. The molecule has 0 aliphatic heterocycles. The van der Waals surface area contributed by atoms with Crippen molar-refractivity contribution in [3.63, 3.8) is 0 Å². The first kappa shape index (κ1) is 13.3. The molecule has 3 N–H and O–H groups in total. The number of aryl methyl sites for hydroxylation is 1. The van der Waals surface area contributed by atoms with E-state index in [1.54, 1.807) is 11.3 Å². The number of hydrazine groups is 1. The van der Waals surface area contributed by atoms with Crippen molar-refractivity contribution in [2.24, 2.45) is 5.84 Å². The van der Waals surface area contributed by atoms with E-state index in [-0.39, 0.29) is 6.04 Å². The molecule has 18 heavy (non-hydrogen) atoms. The summed E-state index contributed by atoms with van der Waals surface area (Å²) in [6, 6.07) is 2.38. The lowest BCUT2D eigenvalue weighted by Crippen LogP contribution is -2.39. The van der Waals surface area contributed by atoms with Crippen molar-refractivity contribution in [1.82, 2.24) is 15.0 Å². The minimum absolute atomic E-state index is 0.234. The molecule has 0 saturated carbocycles. The van der Waals surface area contributed by atoms with E-state index in [4.69, 9.17) is 5.84 Å². The lowest BCUT2D eigenvalue weighted by molar-refractivity contribution is 0.495. The first-order valence-corrected chi connectivity index (χ1v) is 7.25. The molecule has 2 aromatic heterocycles. The van der Waals surface area contributed by atoms with Crippen LogP contribution in [0.1, 0.15) is 24.7 Å². The van der Waals surface area contributed by atoms with Gasteiger partial charge in [-0.3, -0.25) is 11.3 Å². The highest BCUT2D eigenvalue weighted by Gasteiger charge is 2.12. The molecule has 0 aliphatic rings. The first-order chi connectivity index (χ1) is 8.83. The van der Waals surface area contributed by atoms with Crippen LogP contribution < -0.4 is 11.3 Å². The summed E-state index contributed by atoms with van der Waals surface area (Å²) in [5.74, 6) is 6.75. The Bertz CT molecular complexity index is 449. The fraction of sp³-hybridized carbons (Fsp3) is 0.462. The Morgan fingerprint density at radius 2 is 2.39 bits per heavy atom. The summed E-state index contributed by atoms with van der Waals surface area (Å²) < 4.78 is 2.21. The van der Waals surface area contributed by atoms with Crippen LogP contribution in [0.5, 0.6) is 0 Å². The van der Waals surface area contributed by atoms with Crippen molar-refractivity contribution in [2.45, 2.75) is 38.8 Å². The van der Waals surface area contributed by atoms with Crippen molar-refractivity contribution in [1.29, 1.82) is 0 Å².